The van der Waals surface area contributed by atoms with Crippen LogP contribution in [0.4, 0.5) is 0 Å². The molecule has 0 aliphatic rings. The van der Waals surface area contributed by atoms with E-state index in [-0.39, 0.29) is 55.2 Å². The lowest BCUT2D eigenvalue weighted by Crippen LogP contribution is -2.11. The number of rotatable bonds is 6. The molecule has 0 fully saturated rings. The van der Waals surface area contributed by atoms with E-state index < -0.39 is 5.97 Å². The maximum Gasteiger partial charge on any atom is 0.348 e. The highest BCUT2D eigenvalue weighted by Gasteiger charge is 2.22. The number of ether oxygens (including phenoxy) is 3. The van der Waals surface area contributed by atoms with Crippen LogP contribution in [0, 0.1) is 0 Å². The Hall–Kier alpha value is -3.48. The van der Waals surface area contributed by atoms with Crippen molar-refractivity contribution in [3.05, 3.63) is 92.3 Å². The Labute approximate surface area is 205 Å². The summed E-state index contributed by atoms with van der Waals surface area (Å²) in [6.45, 7) is 4.08. The number of para-hydroxylation sites is 1. The van der Waals surface area contributed by atoms with E-state index in [2.05, 4.69) is 0 Å². The Balaban J connectivity index is 1.64. The number of fused-ring (bicyclic) bond motifs is 1. The molecule has 6 nitrogen and oxygen atoms in total. The van der Waals surface area contributed by atoms with Gasteiger partial charge in [-0.15, -0.1) is 0 Å². The standard InChI is InChI=1S/C26H20Cl2O6/c1-14(2)16-6-4-5-7-20(16)34-22-13-32-21-12-15(8-9-17(21)24(22)29)33-26(30)23-18(27)10-11-19(28)25(23)31-3/h4-14H,1-3H3. The van der Waals surface area contributed by atoms with E-state index in [1.165, 1.54) is 43.7 Å². The van der Waals surface area contributed by atoms with Crippen LogP contribution in [0.1, 0.15) is 35.7 Å². The van der Waals surface area contributed by atoms with Crippen LogP contribution in [-0.4, -0.2) is 13.1 Å². The van der Waals surface area contributed by atoms with Crippen molar-refractivity contribution >= 4 is 40.1 Å². The zero-order valence-electron chi connectivity index (χ0n) is 18.6. The number of benzene rings is 3. The van der Waals surface area contributed by atoms with Gasteiger partial charge in [0.1, 0.15) is 28.9 Å². The summed E-state index contributed by atoms with van der Waals surface area (Å²) in [5, 5.41) is 0.620. The maximum absolute atomic E-state index is 13.0. The van der Waals surface area contributed by atoms with Crippen molar-refractivity contribution in [2.75, 3.05) is 7.11 Å². The molecule has 0 bridgehead atoms. The highest BCUT2D eigenvalue weighted by molar-refractivity contribution is 6.37. The van der Waals surface area contributed by atoms with E-state index in [0.717, 1.165) is 5.56 Å². The van der Waals surface area contributed by atoms with Gasteiger partial charge in [0.15, 0.2) is 5.75 Å². The second-order valence-corrected chi connectivity index (χ2v) is 8.52. The first-order chi connectivity index (χ1) is 16.3. The maximum atomic E-state index is 13.0. The number of hydrogen-bond acceptors (Lipinski definition) is 6. The van der Waals surface area contributed by atoms with Gasteiger partial charge in [0.25, 0.3) is 0 Å². The molecular weight excluding hydrogens is 479 g/mol. The van der Waals surface area contributed by atoms with E-state index in [1.54, 1.807) is 6.07 Å². The number of carbonyl (C=O) groups is 1. The van der Waals surface area contributed by atoms with Gasteiger partial charge in [-0.1, -0.05) is 55.2 Å². The van der Waals surface area contributed by atoms with Gasteiger partial charge >= 0.3 is 5.97 Å². The Bertz CT molecular complexity index is 1440. The highest BCUT2D eigenvalue weighted by atomic mass is 35.5. The average molecular weight is 499 g/mol. The van der Waals surface area contributed by atoms with Crippen molar-refractivity contribution in [1.29, 1.82) is 0 Å². The second-order valence-electron chi connectivity index (χ2n) is 7.71. The molecule has 1 aromatic heterocycles. The number of halogens is 2. The van der Waals surface area contributed by atoms with Crippen molar-refractivity contribution in [1.82, 2.24) is 0 Å². The first-order valence-corrected chi connectivity index (χ1v) is 11.1. The van der Waals surface area contributed by atoms with E-state index >= 15 is 0 Å². The predicted octanol–water partition coefficient (Wildman–Crippen LogP) is 7.24. The Morgan fingerprint density at radius 3 is 2.44 bits per heavy atom. The molecule has 0 amide bonds. The fourth-order valence-corrected chi connectivity index (χ4v) is 3.94. The number of esters is 1. The highest BCUT2D eigenvalue weighted by Crippen LogP contribution is 2.35. The van der Waals surface area contributed by atoms with Crippen LogP contribution in [0.5, 0.6) is 23.0 Å². The molecule has 8 heteroatoms. The molecule has 34 heavy (non-hydrogen) atoms. The summed E-state index contributed by atoms with van der Waals surface area (Å²) in [4.78, 5) is 25.7. The zero-order chi connectivity index (χ0) is 24.4. The van der Waals surface area contributed by atoms with Gasteiger partial charge in [0.2, 0.25) is 11.2 Å². The first-order valence-electron chi connectivity index (χ1n) is 10.4. The summed E-state index contributed by atoms with van der Waals surface area (Å²) >= 11 is 12.2. The van der Waals surface area contributed by atoms with Gasteiger partial charge in [-0.05, 0) is 41.8 Å². The summed E-state index contributed by atoms with van der Waals surface area (Å²) in [5.41, 5.74) is 0.839. The average Bonchev–Trinajstić information content (AvgIpc) is 2.82. The minimum absolute atomic E-state index is 0.00854. The van der Waals surface area contributed by atoms with Crippen LogP contribution >= 0.6 is 23.2 Å². The fraction of sp³-hybridized carbons (Fsp3) is 0.154. The Kier molecular flexibility index (Phi) is 6.82. The molecule has 0 N–H and O–H groups in total. The third-order valence-corrected chi connectivity index (χ3v) is 5.77. The minimum Gasteiger partial charge on any atom is -0.494 e. The largest absolute Gasteiger partial charge is 0.494 e. The van der Waals surface area contributed by atoms with Crippen LogP contribution in [0.3, 0.4) is 0 Å². The number of methoxy groups -OCH3 is 1. The molecule has 3 aromatic carbocycles. The molecule has 0 unspecified atom stereocenters. The van der Waals surface area contributed by atoms with Crippen LogP contribution < -0.4 is 19.6 Å². The third kappa shape index (κ3) is 4.60. The quantitative estimate of drug-likeness (QED) is 0.206. The normalized spacial score (nSPS) is 11.0. The van der Waals surface area contributed by atoms with Gasteiger partial charge < -0.3 is 18.6 Å². The lowest BCUT2D eigenvalue weighted by Gasteiger charge is -2.13. The molecule has 174 valence electrons. The van der Waals surface area contributed by atoms with Crippen molar-refractivity contribution in [3.8, 4) is 23.0 Å². The van der Waals surface area contributed by atoms with Crippen molar-refractivity contribution < 1.29 is 23.4 Å². The lowest BCUT2D eigenvalue weighted by molar-refractivity contribution is 0.0731. The van der Waals surface area contributed by atoms with Crippen molar-refractivity contribution in [2.45, 2.75) is 19.8 Å². The van der Waals surface area contributed by atoms with Gasteiger partial charge in [-0.2, -0.15) is 0 Å². The van der Waals surface area contributed by atoms with Crippen molar-refractivity contribution in [2.24, 2.45) is 0 Å². The molecule has 0 saturated heterocycles. The molecule has 0 radical (unpaired) electrons. The number of hydrogen-bond donors (Lipinski definition) is 0. The molecule has 0 atom stereocenters. The molecule has 4 aromatic rings. The van der Waals surface area contributed by atoms with Gasteiger partial charge in [-0.3, -0.25) is 4.79 Å². The van der Waals surface area contributed by atoms with Gasteiger partial charge in [0, 0.05) is 6.07 Å². The number of carbonyl (C=O) groups excluding carboxylic acids is 1. The van der Waals surface area contributed by atoms with Crippen LogP contribution in [0.15, 0.2) is 70.1 Å². The Morgan fingerprint density at radius 1 is 0.971 bits per heavy atom. The molecule has 0 aliphatic heterocycles. The van der Waals surface area contributed by atoms with Crippen LogP contribution in [0.25, 0.3) is 11.0 Å². The molecule has 0 spiro atoms. The summed E-state index contributed by atoms with van der Waals surface area (Å²) in [6, 6.07) is 14.9. The fourth-order valence-electron chi connectivity index (χ4n) is 3.47. The summed E-state index contributed by atoms with van der Waals surface area (Å²) in [6.07, 6.45) is 1.24. The van der Waals surface area contributed by atoms with E-state index in [0.29, 0.717) is 5.75 Å². The Morgan fingerprint density at radius 2 is 1.71 bits per heavy atom. The van der Waals surface area contributed by atoms with Crippen molar-refractivity contribution in [3.63, 3.8) is 0 Å². The van der Waals surface area contributed by atoms with E-state index in [4.69, 9.17) is 41.8 Å². The molecular formula is C26H20Cl2O6. The molecule has 0 aliphatic carbocycles. The minimum atomic E-state index is -0.767. The summed E-state index contributed by atoms with van der Waals surface area (Å²) in [5.74, 6) is 0.347. The molecule has 0 saturated carbocycles. The van der Waals surface area contributed by atoms with Crippen LogP contribution in [-0.2, 0) is 0 Å². The second kappa shape index (κ2) is 9.79. The SMILES string of the molecule is COc1c(Cl)ccc(Cl)c1C(=O)Oc1ccc2c(=O)c(Oc3ccccc3C(C)C)coc2c1. The first kappa shape index (κ1) is 23.7. The predicted molar refractivity (Wildman–Crippen MR) is 131 cm³/mol. The van der Waals surface area contributed by atoms with E-state index in [1.807, 2.05) is 32.0 Å². The monoisotopic (exact) mass is 498 g/mol. The molecule has 4 rings (SSSR count). The summed E-state index contributed by atoms with van der Waals surface area (Å²) < 4.78 is 22.1. The van der Waals surface area contributed by atoms with Gasteiger partial charge in [0.05, 0.1) is 22.5 Å². The van der Waals surface area contributed by atoms with E-state index in [9.17, 15) is 9.59 Å². The van der Waals surface area contributed by atoms with Crippen LogP contribution in [0.2, 0.25) is 10.0 Å². The van der Waals surface area contributed by atoms with Gasteiger partial charge in [-0.25, -0.2) is 4.79 Å². The summed E-state index contributed by atoms with van der Waals surface area (Å²) in [7, 11) is 1.37. The smallest absolute Gasteiger partial charge is 0.348 e. The zero-order valence-corrected chi connectivity index (χ0v) is 20.1. The topological polar surface area (TPSA) is 75.0 Å². The third-order valence-electron chi connectivity index (χ3n) is 5.15. The molecule has 1 heterocycles. The lowest BCUT2D eigenvalue weighted by atomic mass is 10.0.